The standard InChI is InChI=1S/C16H14O4/c17-14-6-3-4-12(10-14)11-20-15-7-2-1-5-13(15)8-9-16(18)19/h1-10,17H,11H2,(H,18,19)/b9-8+. The van der Waals surface area contributed by atoms with E-state index < -0.39 is 5.97 Å². The second-order valence-corrected chi connectivity index (χ2v) is 4.17. The molecule has 2 rings (SSSR count). The van der Waals surface area contributed by atoms with Gasteiger partial charge in [0.15, 0.2) is 0 Å². The third kappa shape index (κ3) is 3.88. The van der Waals surface area contributed by atoms with E-state index >= 15 is 0 Å². The lowest BCUT2D eigenvalue weighted by molar-refractivity contribution is -0.131. The average Bonchev–Trinajstić information content (AvgIpc) is 2.44. The summed E-state index contributed by atoms with van der Waals surface area (Å²) in [5, 5.41) is 18.0. The molecule has 4 nitrogen and oxygen atoms in total. The molecule has 0 radical (unpaired) electrons. The Labute approximate surface area is 116 Å². The van der Waals surface area contributed by atoms with Crippen molar-refractivity contribution >= 4 is 12.0 Å². The molecule has 0 bridgehead atoms. The van der Waals surface area contributed by atoms with Crippen molar-refractivity contribution in [1.29, 1.82) is 0 Å². The Kier molecular flexibility index (Phi) is 4.39. The number of hydrogen-bond donors (Lipinski definition) is 2. The second-order valence-electron chi connectivity index (χ2n) is 4.17. The predicted octanol–water partition coefficient (Wildman–Crippen LogP) is 3.07. The van der Waals surface area contributed by atoms with Crippen LogP contribution in [0, 0.1) is 0 Å². The maximum atomic E-state index is 10.5. The summed E-state index contributed by atoms with van der Waals surface area (Å²) in [4.78, 5) is 10.5. The molecule has 0 spiro atoms. The topological polar surface area (TPSA) is 66.8 Å². The summed E-state index contributed by atoms with van der Waals surface area (Å²) < 4.78 is 5.66. The van der Waals surface area contributed by atoms with Gasteiger partial charge in [-0.15, -0.1) is 0 Å². The molecule has 4 heteroatoms. The van der Waals surface area contributed by atoms with E-state index in [9.17, 15) is 9.90 Å². The van der Waals surface area contributed by atoms with Gasteiger partial charge in [0.25, 0.3) is 0 Å². The highest BCUT2D eigenvalue weighted by molar-refractivity contribution is 5.85. The largest absolute Gasteiger partial charge is 0.508 e. The van der Waals surface area contributed by atoms with Crippen molar-refractivity contribution < 1.29 is 19.7 Å². The number of aliphatic carboxylic acids is 1. The lowest BCUT2D eigenvalue weighted by atomic mass is 10.2. The molecule has 0 atom stereocenters. The van der Waals surface area contributed by atoms with Gasteiger partial charge in [-0.3, -0.25) is 0 Å². The Morgan fingerprint density at radius 3 is 2.70 bits per heavy atom. The van der Waals surface area contributed by atoms with Gasteiger partial charge in [0.05, 0.1) is 0 Å². The van der Waals surface area contributed by atoms with E-state index in [0.29, 0.717) is 17.9 Å². The molecule has 0 aliphatic carbocycles. The van der Waals surface area contributed by atoms with Crippen LogP contribution in [0.3, 0.4) is 0 Å². The smallest absolute Gasteiger partial charge is 0.328 e. The fraction of sp³-hybridized carbons (Fsp3) is 0.0625. The number of rotatable bonds is 5. The summed E-state index contributed by atoms with van der Waals surface area (Å²) >= 11 is 0. The molecular formula is C16H14O4. The third-order valence-electron chi connectivity index (χ3n) is 2.63. The Morgan fingerprint density at radius 2 is 1.95 bits per heavy atom. The van der Waals surface area contributed by atoms with Gasteiger partial charge in [-0.05, 0) is 29.8 Å². The number of benzene rings is 2. The van der Waals surface area contributed by atoms with Gasteiger partial charge >= 0.3 is 5.97 Å². The average molecular weight is 270 g/mol. The Balaban J connectivity index is 2.11. The van der Waals surface area contributed by atoms with Crippen LogP contribution in [0.15, 0.2) is 54.6 Å². The molecule has 20 heavy (non-hydrogen) atoms. The van der Waals surface area contributed by atoms with Crippen molar-refractivity contribution in [3.8, 4) is 11.5 Å². The van der Waals surface area contributed by atoms with Crippen molar-refractivity contribution in [2.75, 3.05) is 0 Å². The molecule has 0 fully saturated rings. The van der Waals surface area contributed by atoms with E-state index in [1.807, 2.05) is 18.2 Å². The predicted molar refractivity (Wildman–Crippen MR) is 75.6 cm³/mol. The molecule has 0 heterocycles. The molecule has 0 amide bonds. The van der Waals surface area contributed by atoms with Gasteiger partial charge < -0.3 is 14.9 Å². The Morgan fingerprint density at radius 1 is 1.15 bits per heavy atom. The fourth-order valence-corrected chi connectivity index (χ4v) is 1.72. The highest BCUT2D eigenvalue weighted by Gasteiger charge is 2.02. The van der Waals surface area contributed by atoms with Gasteiger partial charge in [0.1, 0.15) is 18.1 Å². The van der Waals surface area contributed by atoms with Crippen LogP contribution in [0.4, 0.5) is 0 Å². The van der Waals surface area contributed by atoms with E-state index in [2.05, 4.69) is 0 Å². The number of phenols is 1. The minimum atomic E-state index is -1.01. The zero-order valence-electron chi connectivity index (χ0n) is 10.7. The van der Waals surface area contributed by atoms with Gasteiger partial charge in [-0.1, -0.05) is 30.3 Å². The van der Waals surface area contributed by atoms with Gasteiger partial charge in [-0.25, -0.2) is 4.79 Å². The minimum absolute atomic E-state index is 0.185. The SMILES string of the molecule is O=C(O)/C=C/c1ccccc1OCc1cccc(O)c1. The van der Waals surface area contributed by atoms with E-state index in [1.165, 1.54) is 6.08 Å². The van der Waals surface area contributed by atoms with Crippen LogP contribution in [0.2, 0.25) is 0 Å². The van der Waals surface area contributed by atoms with Crippen molar-refractivity contribution in [3.05, 3.63) is 65.7 Å². The van der Waals surface area contributed by atoms with Crippen molar-refractivity contribution in [1.82, 2.24) is 0 Å². The first-order valence-electron chi connectivity index (χ1n) is 6.06. The first-order chi connectivity index (χ1) is 9.65. The molecule has 2 N–H and O–H groups in total. The monoisotopic (exact) mass is 270 g/mol. The van der Waals surface area contributed by atoms with E-state index in [-0.39, 0.29) is 5.75 Å². The highest BCUT2D eigenvalue weighted by Crippen LogP contribution is 2.21. The first-order valence-corrected chi connectivity index (χ1v) is 6.06. The molecule has 0 saturated carbocycles. The quantitative estimate of drug-likeness (QED) is 0.819. The molecular weight excluding hydrogens is 256 g/mol. The van der Waals surface area contributed by atoms with Crippen molar-refractivity contribution in [2.24, 2.45) is 0 Å². The number of aromatic hydroxyl groups is 1. The van der Waals surface area contributed by atoms with Crippen molar-refractivity contribution in [2.45, 2.75) is 6.61 Å². The molecule has 0 aliphatic heterocycles. The summed E-state index contributed by atoms with van der Waals surface area (Å²) in [5.74, 6) is -0.230. The Hall–Kier alpha value is -2.75. The third-order valence-corrected chi connectivity index (χ3v) is 2.63. The summed E-state index contributed by atoms with van der Waals surface area (Å²) in [7, 11) is 0. The maximum Gasteiger partial charge on any atom is 0.328 e. The number of ether oxygens (including phenoxy) is 1. The van der Waals surface area contributed by atoms with Crippen LogP contribution in [0.1, 0.15) is 11.1 Å². The maximum absolute atomic E-state index is 10.5. The summed E-state index contributed by atoms with van der Waals surface area (Å²) in [6.45, 7) is 0.298. The molecule has 2 aromatic carbocycles. The second kappa shape index (κ2) is 6.43. The van der Waals surface area contributed by atoms with Crippen LogP contribution in [0.5, 0.6) is 11.5 Å². The van der Waals surface area contributed by atoms with Gasteiger partial charge in [0, 0.05) is 11.6 Å². The zero-order valence-corrected chi connectivity index (χ0v) is 10.7. The molecule has 0 aliphatic rings. The number of para-hydroxylation sites is 1. The van der Waals surface area contributed by atoms with Gasteiger partial charge in [-0.2, -0.15) is 0 Å². The lowest BCUT2D eigenvalue weighted by Crippen LogP contribution is -1.97. The zero-order chi connectivity index (χ0) is 14.4. The van der Waals surface area contributed by atoms with Gasteiger partial charge in [0.2, 0.25) is 0 Å². The van der Waals surface area contributed by atoms with E-state index in [4.69, 9.17) is 9.84 Å². The number of phenolic OH excluding ortho intramolecular Hbond substituents is 1. The van der Waals surface area contributed by atoms with Crippen LogP contribution in [-0.2, 0) is 11.4 Å². The number of carboxylic acid groups (broad SMARTS) is 1. The number of carbonyl (C=O) groups is 1. The summed E-state index contributed by atoms with van der Waals surface area (Å²) in [6.07, 6.45) is 2.55. The molecule has 102 valence electrons. The summed E-state index contributed by atoms with van der Waals surface area (Å²) in [5.41, 5.74) is 1.53. The van der Waals surface area contributed by atoms with E-state index in [0.717, 1.165) is 11.6 Å². The molecule has 0 unspecified atom stereocenters. The normalized spacial score (nSPS) is 10.6. The molecule has 2 aromatic rings. The highest BCUT2D eigenvalue weighted by atomic mass is 16.5. The number of hydrogen-bond acceptors (Lipinski definition) is 3. The van der Waals surface area contributed by atoms with Crippen LogP contribution < -0.4 is 4.74 Å². The van der Waals surface area contributed by atoms with Crippen LogP contribution >= 0.6 is 0 Å². The van der Waals surface area contributed by atoms with Crippen LogP contribution in [0.25, 0.3) is 6.08 Å². The fourth-order valence-electron chi connectivity index (χ4n) is 1.72. The van der Waals surface area contributed by atoms with Crippen LogP contribution in [-0.4, -0.2) is 16.2 Å². The molecule has 0 aromatic heterocycles. The first kappa shape index (κ1) is 13.7. The summed E-state index contributed by atoms with van der Waals surface area (Å²) in [6, 6.07) is 14.0. The van der Waals surface area contributed by atoms with E-state index in [1.54, 1.807) is 30.3 Å². The van der Waals surface area contributed by atoms with Crippen molar-refractivity contribution in [3.63, 3.8) is 0 Å². The molecule has 0 saturated heterocycles. The Bertz CT molecular complexity index is 632. The lowest BCUT2D eigenvalue weighted by Gasteiger charge is -2.09. The minimum Gasteiger partial charge on any atom is -0.508 e. The number of carboxylic acids is 1.